The van der Waals surface area contributed by atoms with Crippen molar-refractivity contribution >= 4 is 11.8 Å². The molecule has 0 spiro atoms. The topological polar surface area (TPSA) is 98.9 Å². The molecule has 2 heterocycles. The highest BCUT2D eigenvalue weighted by Crippen LogP contribution is 2.45. The molecule has 0 amide bonds. The van der Waals surface area contributed by atoms with Gasteiger partial charge in [-0.05, 0) is 26.8 Å². The van der Waals surface area contributed by atoms with Gasteiger partial charge >= 0.3 is 5.97 Å². The summed E-state index contributed by atoms with van der Waals surface area (Å²) in [4.78, 5) is 25.2. The van der Waals surface area contributed by atoms with E-state index in [0.717, 1.165) is 0 Å². The Hall–Kier alpha value is -3.09. The van der Waals surface area contributed by atoms with Crippen LogP contribution in [0.3, 0.4) is 0 Å². The fourth-order valence-corrected chi connectivity index (χ4v) is 3.60. The Balaban J connectivity index is 1.98. The van der Waals surface area contributed by atoms with Gasteiger partial charge < -0.3 is 19.1 Å². The van der Waals surface area contributed by atoms with Crippen LogP contribution >= 0.6 is 0 Å². The molecule has 0 bridgehead atoms. The number of Topliss-reactive ketones (excluding diaryl/α,β-unsaturated/α-hetero) is 1. The maximum Gasteiger partial charge on any atom is 0.347 e. The number of allylic oxidation sites excluding steroid dienone is 1. The summed E-state index contributed by atoms with van der Waals surface area (Å²) in [5, 5.41) is 14.3. The number of esters is 1. The van der Waals surface area contributed by atoms with E-state index in [1.165, 1.54) is 12.3 Å². The summed E-state index contributed by atoms with van der Waals surface area (Å²) in [6, 6.07) is 1.48. The van der Waals surface area contributed by atoms with E-state index in [2.05, 4.69) is 5.16 Å². The van der Waals surface area contributed by atoms with Crippen molar-refractivity contribution in [2.24, 2.45) is 5.92 Å². The van der Waals surface area contributed by atoms with E-state index >= 15 is 0 Å². The molecule has 0 saturated heterocycles. The Kier molecular flexibility index (Phi) is 3.83. The molecule has 2 atom stereocenters. The number of phenolic OH excluding ortho intramolecular Hbond substituents is 1. The van der Waals surface area contributed by atoms with Crippen LogP contribution in [0.25, 0.3) is 11.1 Å². The molecule has 0 saturated carbocycles. The van der Waals surface area contributed by atoms with Gasteiger partial charge in [0.2, 0.25) is 0 Å². The number of benzene rings is 1. The second-order valence-electron chi connectivity index (χ2n) is 7.11. The summed E-state index contributed by atoms with van der Waals surface area (Å²) in [5.74, 6) is -0.386. The Labute approximate surface area is 155 Å². The van der Waals surface area contributed by atoms with Crippen LogP contribution in [-0.4, -0.2) is 28.1 Å². The third-order valence-electron chi connectivity index (χ3n) is 5.26. The first-order valence-electron chi connectivity index (χ1n) is 8.70. The van der Waals surface area contributed by atoms with Gasteiger partial charge in [-0.1, -0.05) is 12.1 Å². The number of aromatic hydroxyl groups is 1. The van der Waals surface area contributed by atoms with Gasteiger partial charge in [0.05, 0.1) is 5.69 Å². The van der Waals surface area contributed by atoms with Crippen LogP contribution in [0.2, 0.25) is 0 Å². The lowest BCUT2D eigenvalue weighted by Gasteiger charge is -2.29. The van der Waals surface area contributed by atoms with Crippen LogP contribution in [0, 0.1) is 19.8 Å². The number of nitrogens with zero attached hydrogens (tertiary/aromatic N) is 1. The van der Waals surface area contributed by atoms with Gasteiger partial charge in [0, 0.05) is 34.6 Å². The number of aromatic nitrogens is 1. The van der Waals surface area contributed by atoms with Crippen molar-refractivity contribution in [3.63, 3.8) is 0 Å². The predicted octanol–water partition coefficient (Wildman–Crippen LogP) is 3.46. The Morgan fingerprint density at radius 1 is 1.19 bits per heavy atom. The number of carbonyl (C=O) groups excluding carboxylic acids is 2. The summed E-state index contributed by atoms with van der Waals surface area (Å²) >= 11 is 0. The number of hydrogen-bond acceptors (Lipinski definition) is 7. The normalized spacial score (nSPS) is 21.9. The molecule has 1 aliphatic carbocycles. The number of aryl methyl sites for hydroxylation is 1. The molecule has 1 aromatic heterocycles. The van der Waals surface area contributed by atoms with E-state index < -0.39 is 12.1 Å². The molecule has 1 aromatic carbocycles. The van der Waals surface area contributed by atoms with Gasteiger partial charge in [0.15, 0.2) is 17.6 Å². The number of rotatable bonds is 1. The van der Waals surface area contributed by atoms with Crippen molar-refractivity contribution in [1.29, 1.82) is 0 Å². The Bertz CT molecular complexity index is 1020. The SMILES string of the molecule is CC1=C2OC(=O)c3c(-c4conc4C)cc(O)c(C)c3OC2C(C)CC1=O. The third-order valence-corrected chi connectivity index (χ3v) is 5.26. The van der Waals surface area contributed by atoms with Crippen LogP contribution in [0.5, 0.6) is 11.5 Å². The maximum atomic E-state index is 13.0. The molecular weight excluding hydrogens is 350 g/mol. The van der Waals surface area contributed by atoms with Crippen LogP contribution in [0.4, 0.5) is 0 Å². The molecule has 2 aromatic rings. The first-order chi connectivity index (χ1) is 12.8. The summed E-state index contributed by atoms with van der Waals surface area (Å²) < 4.78 is 16.8. The number of fused-ring (bicyclic) bond motifs is 2. The number of ether oxygens (including phenoxy) is 2. The standard InChI is InChI=1S/C20H19NO6/c1-8-5-14(22)10(3)19-17(8)26-18-9(2)15(23)6-12(16(18)20(24)27-19)13-7-25-21-11(13)4/h6-8,17,23H,5H2,1-4H3. The van der Waals surface area contributed by atoms with Crippen molar-refractivity contribution in [1.82, 2.24) is 5.16 Å². The molecular formula is C20H19NO6. The van der Waals surface area contributed by atoms with E-state index in [1.807, 2.05) is 6.92 Å². The summed E-state index contributed by atoms with van der Waals surface area (Å²) in [6.07, 6.45) is 1.13. The zero-order valence-electron chi connectivity index (χ0n) is 15.5. The smallest absolute Gasteiger partial charge is 0.347 e. The van der Waals surface area contributed by atoms with Gasteiger partial charge in [-0.15, -0.1) is 0 Å². The number of hydrogen-bond donors (Lipinski definition) is 1. The molecule has 1 aliphatic heterocycles. The lowest BCUT2D eigenvalue weighted by molar-refractivity contribution is -0.118. The summed E-state index contributed by atoms with van der Waals surface area (Å²) in [6.45, 7) is 6.92. The largest absolute Gasteiger partial charge is 0.508 e. The lowest BCUT2D eigenvalue weighted by Crippen LogP contribution is -2.35. The molecule has 1 N–H and O–H groups in total. The molecule has 140 valence electrons. The molecule has 0 fully saturated rings. The highest BCUT2D eigenvalue weighted by atomic mass is 16.6. The predicted molar refractivity (Wildman–Crippen MR) is 94.4 cm³/mol. The first-order valence-corrected chi connectivity index (χ1v) is 8.70. The van der Waals surface area contributed by atoms with E-state index in [-0.39, 0.29) is 34.5 Å². The van der Waals surface area contributed by atoms with Crippen LogP contribution in [0.1, 0.15) is 41.9 Å². The van der Waals surface area contributed by atoms with Crippen LogP contribution in [-0.2, 0) is 9.53 Å². The average molecular weight is 369 g/mol. The fourth-order valence-electron chi connectivity index (χ4n) is 3.60. The molecule has 2 unspecified atom stereocenters. The van der Waals surface area contributed by atoms with Gasteiger partial charge in [-0.3, -0.25) is 4.79 Å². The van der Waals surface area contributed by atoms with Gasteiger partial charge in [-0.2, -0.15) is 0 Å². The average Bonchev–Trinajstić information content (AvgIpc) is 2.97. The number of ketones is 1. The molecule has 27 heavy (non-hydrogen) atoms. The maximum absolute atomic E-state index is 13.0. The Morgan fingerprint density at radius 3 is 2.59 bits per heavy atom. The van der Waals surface area contributed by atoms with Crippen molar-refractivity contribution in [3.05, 3.63) is 40.5 Å². The highest BCUT2D eigenvalue weighted by molar-refractivity contribution is 6.03. The van der Waals surface area contributed by atoms with E-state index in [9.17, 15) is 14.7 Å². The number of phenols is 1. The molecule has 2 aliphatic rings. The van der Waals surface area contributed by atoms with E-state index in [1.54, 1.807) is 20.8 Å². The van der Waals surface area contributed by atoms with Crippen molar-refractivity contribution in [2.75, 3.05) is 0 Å². The monoisotopic (exact) mass is 369 g/mol. The lowest BCUT2D eigenvalue weighted by atomic mass is 9.86. The quantitative estimate of drug-likeness (QED) is 0.769. The molecule has 7 nitrogen and oxygen atoms in total. The van der Waals surface area contributed by atoms with Crippen LogP contribution < -0.4 is 4.74 Å². The van der Waals surface area contributed by atoms with Gasteiger partial charge in [0.25, 0.3) is 0 Å². The van der Waals surface area contributed by atoms with Gasteiger partial charge in [-0.25, -0.2) is 4.79 Å². The Morgan fingerprint density at radius 2 is 1.93 bits per heavy atom. The van der Waals surface area contributed by atoms with E-state index in [0.29, 0.717) is 34.4 Å². The van der Waals surface area contributed by atoms with Crippen molar-refractivity contribution < 1.29 is 28.7 Å². The first kappa shape index (κ1) is 17.3. The van der Waals surface area contributed by atoms with Crippen LogP contribution in [0.15, 0.2) is 28.2 Å². The minimum absolute atomic E-state index is 0.0131. The second-order valence-corrected chi connectivity index (χ2v) is 7.11. The van der Waals surface area contributed by atoms with Crippen molar-refractivity contribution in [3.8, 4) is 22.6 Å². The van der Waals surface area contributed by atoms with Gasteiger partial charge in [0.1, 0.15) is 23.3 Å². The summed E-state index contributed by atoms with van der Waals surface area (Å²) in [7, 11) is 0. The zero-order chi connectivity index (χ0) is 19.5. The second kappa shape index (κ2) is 5.97. The number of carbonyl (C=O) groups is 2. The van der Waals surface area contributed by atoms with Crippen molar-refractivity contribution in [2.45, 2.75) is 40.2 Å². The summed E-state index contributed by atoms with van der Waals surface area (Å²) in [5.41, 5.74) is 2.54. The fraction of sp³-hybridized carbons (Fsp3) is 0.350. The molecule has 4 rings (SSSR count). The molecule has 7 heteroatoms. The molecule has 0 radical (unpaired) electrons. The third kappa shape index (κ3) is 2.53. The van der Waals surface area contributed by atoms with E-state index in [4.69, 9.17) is 14.0 Å². The minimum atomic E-state index is -0.637. The zero-order valence-corrected chi connectivity index (χ0v) is 15.5. The highest BCUT2D eigenvalue weighted by Gasteiger charge is 2.41. The minimum Gasteiger partial charge on any atom is -0.508 e.